The van der Waals surface area contributed by atoms with Crippen LogP contribution in [0.3, 0.4) is 0 Å². The lowest BCUT2D eigenvalue weighted by Gasteiger charge is -2.15. The van der Waals surface area contributed by atoms with Crippen LogP contribution in [0.15, 0.2) is 24.3 Å². The largest absolute Gasteiger partial charge is 0.481 e. The normalized spacial score (nSPS) is 11.7. The number of methoxy groups -OCH3 is 1. The number of carboxylic acid groups (broad SMARTS) is 1. The fourth-order valence-electron chi connectivity index (χ4n) is 1.64. The van der Waals surface area contributed by atoms with E-state index < -0.39 is 12.6 Å². The van der Waals surface area contributed by atoms with Gasteiger partial charge in [-0.1, -0.05) is 12.1 Å². The maximum Gasteiger partial charge on any atom is 0.341 e. The van der Waals surface area contributed by atoms with Gasteiger partial charge in [-0.15, -0.1) is 0 Å². The summed E-state index contributed by atoms with van der Waals surface area (Å²) in [6.45, 7) is 2.61. The predicted octanol–water partition coefficient (Wildman–Crippen LogP) is 0.931. The highest BCUT2D eigenvalue weighted by atomic mass is 16.5. The molecular formula is C15H21NO6. The van der Waals surface area contributed by atoms with Gasteiger partial charge in [0.25, 0.3) is 5.91 Å². The highest BCUT2D eigenvalue weighted by Crippen LogP contribution is 2.17. The fourth-order valence-corrected chi connectivity index (χ4v) is 1.64. The first-order chi connectivity index (χ1) is 10.5. The van der Waals surface area contributed by atoms with Crippen LogP contribution in [0.25, 0.3) is 0 Å². The zero-order chi connectivity index (χ0) is 16.4. The van der Waals surface area contributed by atoms with Gasteiger partial charge in [0, 0.05) is 13.7 Å². The number of ether oxygens (including phenoxy) is 3. The van der Waals surface area contributed by atoms with Gasteiger partial charge in [-0.3, -0.25) is 4.79 Å². The molecule has 2 N–H and O–H groups in total. The number of para-hydroxylation sites is 1. The Balaban J connectivity index is 2.52. The molecule has 1 rings (SSSR count). The molecule has 0 radical (unpaired) electrons. The summed E-state index contributed by atoms with van der Waals surface area (Å²) in [4.78, 5) is 22.7. The Morgan fingerprint density at radius 2 is 2.00 bits per heavy atom. The van der Waals surface area contributed by atoms with Crippen molar-refractivity contribution in [2.24, 2.45) is 0 Å². The number of carbonyl (C=O) groups is 2. The first-order valence-electron chi connectivity index (χ1n) is 6.87. The number of rotatable bonds is 10. The Morgan fingerprint density at radius 1 is 1.27 bits per heavy atom. The summed E-state index contributed by atoms with van der Waals surface area (Å²) in [6.07, 6.45) is -0.161. The summed E-state index contributed by atoms with van der Waals surface area (Å²) >= 11 is 0. The maximum absolute atomic E-state index is 12.1. The molecule has 1 aromatic carbocycles. The Morgan fingerprint density at radius 3 is 2.68 bits per heavy atom. The molecule has 1 atom stereocenters. The van der Waals surface area contributed by atoms with Crippen molar-refractivity contribution in [2.75, 3.05) is 33.5 Å². The molecule has 0 aliphatic carbocycles. The van der Waals surface area contributed by atoms with Gasteiger partial charge in [0.1, 0.15) is 5.75 Å². The summed E-state index contributed by atoms with van der Waals surface area (Å²) in [5.74, 6) is -1.21. The lowest BCUT2D eigenvalue weighted by atomic mass is 10.2. The quantitative estimate of drug-likeness (QED) is 0.624. The molecule has 0 aliphatic heterocycles. The van der Waals surface area contributed by atoms with E-state index in [2.05, 4.69) is 5.32 Å². The lowest BCUT2D eigenvalue weighted by molar-refractivity contribution is -0.139. The fraction of sp³-hybridized carbons (Fsp3) is 0.467. The minimum atomic E-state index is -1.10. The zero-order valence-electron chi connectivity index (χ0n) is 12.7. The van der Waals surface area contributed by atoms with Crippen LogP contribution in [0, 0.1) is 0 Å². The first kappa shape index (κ1) is 17.9. The molecule has 0 heterocycles. The predicted molar refractivity (Wildman–Crippen MR) is 79.2 cm³/mol. The molecule has 0 bridgehead atoms. The van der Waals surface area contributed by atoms with Gasteiger partial charge >= 0.3 is 5.97 Å². The Kier molecular flexibility index (Phi) is 7.95. The van der Waals surface area contributed by atoms with Crippen LogP contribution in [0.5, 0.6) is 5.75 Å². The van der Waals surface area contributed by atoms with Crippen molar-refractivity contribution in [1.82, 2.24) is 5.32 Å². The van der Waals surface area contributed by atoms with E-state index in [4.69, 9.17) is 19.3 Å². The molecule has 0 saturated carbocycles. The van der Waals surface area contributed by atoms with E-state index in [1.165, 1.54) is 0 Å². The van der Waals surface area contributed by atoms with Crippen molar-refractivity contribution in [3.05, 3.63) is 29.8 Å². The van der Waals surface area contributed by atoms with Crippen LogP contribution >= 0.6 is 0 Å². The number of carboxylic acids is 1. The number of hydrogen-bond acceptors (Lipinski definition) is 5. The SMILES string of the molecule is COCCO[C@H](C)CNC(=O)c1ccccc1OCC(=O)O. The third-order valence-electron chi connectivity index (χ3n) is 2.72. The van der Waals surface area contributed by atoms with Gasteiger partial charge in [0.05, 0.1) is 24.9 Å². The van der Waals surface area contributed by atoms with Gasteiger partial charge in [-0.05, 0) is 19.1 Å². The van der Waals surface area contributed by atoms with Crippen LogP contribution < -0.4 is 10.1 Å². The Hall–Kier alpha value is -2.12. The van der Waals surface area contributed by atoms with E-state index in [1.807, 2.05) is 6.92 Å². The smallest absolute Gasteiger partial charge is 0.341 e. The number of amides is 1. The van der Waals surface area contributed by atoms with E-state index in [0.29, 0.717) is 19.8 Å². The van der Waals surface area contributed by atoms with E-state index in [9.17, 15) is 9.59 Å². The van der Waals surface area contributed by atoms with E-state index in [0.717, 1.165) is 0 Å². The number of carbonyl (C=O) groups excluding carboxylic acids is 1. The van der Waals surface area contributed by atoms with Gasteiger partial charge in [0.2, 0.25) is 0 Å². The summed E-state index contributed by atoms with van der Waals surface area (Å²) in [6, 6.07) is 6.48. The molecule has 7 nitrogen and oxygen atoms in total. The Bertz CT molecular complexity index is 491. The second-order valence-corrected chi connectivity index (χ2v) is 4.56. The topological polar surface area (TPSA) is 94.1 Å². The molecular weight excluding hydrogens is 290 g/mol. The first-order valence-corrected chi connectivity index (χ1v) is 6.87. The summed E-state index contributed by atoms with van der Waals surface area (Å²) in [5, 5.41) is 11.4. The molecule has 7 heteroatoms. The van der Waals surface area contributed by atoms with Crippen molar-refractivity contribution in [2.45, 2.75) is 13.0 Å². The molecule has 0 aliphatic rings. The highest BCUT2D eigenvalue weighted by molar-refractivity contribution is 5.97. The van der Waals surface area contributed by atoms with Crippen LogP contribution in [0.4, 0.5) is 0 Å². The number of aliphatic carboxylic acids is 1. The van der Waals surface area contributed by atoms with E-state index >= 15 is 0 Å². The summed E-state index contributed by atoms with van der Waals surface area (Å²) < 4.78 is 15.4. The minimum absolute atomic E-state index is 0.161. The van der Waals surface area contributed by atoms with Crippen molar-refractivity contribution >= 4 is 11.9 Å². The van der Waals surface area contributed by atoms with Crippen LogP contribution in [-0.2, 0) is 14.3 Å². The van der Waals surface area contributed by atoms with Crippen LogP contribution in [0.1, 0.15) is 17.3 Å². The van der Waals surface area contributed by atoms with Crippen molar-refractivity contribution in [3.8, 4) is 5.75 Å². The molecule has 1 aromatic rings. The third kappa shape index (κ3) is 6.55. The molecule has 122 valence electrons. The molecule has 0 aromatic heterocycles. The summed E-state index contributed by atoms with van der Waals surface area (Å²) in [5.41, 5.74) is 0.285. The van der Waals surface area contributed by atoms with Gasteiger partial charge in [0.15, 0.2) is 6.61 Å². The van der Waals surface area contributed by atoms with Crippen molar-refractivity contribution < 1.29 is 28.9 Å². The highest BCUT2D eigenvalue weighted by Gasteiger charge is 2.14. The Labute approximate surface area is 129 Å². The van der Waals surface area contributed by atoms with E-state index in [1.54, 1.807) is 31.4 Å². The third-order valence-corrected chi connectivity index (χ3v) is 2.72. The summed E-state index contributed by atoms with van der Waals surface area (Å²) in [7, 11) is 1.59. The second kappa shape index (κ2) is 9.75. The van der Waals surface area contributed by atoms with Crippen LogP contribution in [-0.4, -0.2) is 56.6 Å². The van der Waals surface area contributed by atoms with Gasteiger partial charge in [-0.2, -0.15) is 0 Å². The van der Waals surface area contributed by atoms with E-state index in [-0.39, 0.29) is 23.3 Å². The average molecular weight is 311 g/mol. The standard InChI is InChI=1S/C15H21NO6/c1-11(21-8-7-20-2)9-16-15(19)12-5-3-4-6-13(12)22-10-14(17)18/h3-6,11H,7-10H2,1-2H3,(H,16,19)(H,17,18)/t11-/m1/s1. The maximum atomic E-state index is 12.1. The average Bonchev–Trinajstić information content (AvgIpc) is 2.51. The minimum Gasteiger partial charge on any atom is -0.481 e. The van der Waals surface area contributed by atoms with Gasteiger partial charge < -0.3 is 24.6 Å². The second-order valence-electron chi connectivity index (χ2n) is 4.56. The van der Waals surface area contributed by atoms with Crippen molar-refractivity contribution in [1.29, 1.82) is 0 Å². The zero-order valence-corrected chi connectivity index (χ0v) is 12.7. The van der Waals surface area contributed by atoms with Crippen molar-refractivity contribution in [3.63, 3.8) is 0 Å². The van der Waals surface area contributed by atoms with Gasteiger partial charge in [-0.25, -0.2) is 4.79 Å². The monoisotopic (exact) mass is 311 g/mol. The number of benzene rings is 1. The molecule has 0 spiro atoms. The molecule has 1 amide bonds. The number of nitrogens with one attached hydrogen (secondary N) is 1. The number of hydrogen-bond donors (Lipinski definition) is 2. The van der Waals surface area contributed by atoms with Crippen LogP contribution in [0.2, 0.25) is 0 Å². The lowest BCUT2D eigenvalue weighted by Crippen LogP contribution is -2.33. The molecule has 0 fully saturated rings. The molecule has 0 saturated heterocycles. The molecule has 22 heavy (non-hydrogen) atoms. The molecule has 0 unspecified atom stereocenters.